The molecular weight excluding hydrogens is 233 g/mol. The molecule has 5 nitrogen and oxygen atoms in total. The van der Waals surface area contributed by atoms with E-state index in [-0.39, 0.29) is 5.82 Å². The molecule has 0 unspecified atom stereocenters. The Kier molecular flexibility index (Phi) is 3.69. The van der Waals surface area contributed by atoms with Crippen molar-refractivity contribution in [3.63, 3.8) is 0 Å². The van der Waals surface area contributed by atoms with E-state index in [9.17, 15) is 4.39 Å². The SMILES string of the molecule is Cc1cc(NCc2ccc(F)cc2)nc(NN)n1. The van der Waals surface area contributed by atoms with Gasteiger partial charge in [-0.25, -0.2) is 15.2 Å². The molecule has 0 aliphatic carbocycles. The van der Waals surface area contributed by atoms with Gasteiger partial charge >= 0.3 is 0 Å². The molecule has 1 aromatic heterocycles. The van der Waals surface area contributed by atoms with Gasteiger partial charge in [-0.05, 0) is 24.6 Å². The highest BCUT2D eigenvalue weighted by Gasteiger charge is 2.01. The molecule has 0 amide bonds. The van der Waals surface area contributed by atoms with E-state index in [0.717, 1.165) is 11.3 Å². The number of nitrogens with two attached hydrogens (primary N) is 1. The first-order valence-corrected chi connectivity index (χ1v) is 5.48. The predicted octanol–water partition coefficient (Wildman–Crippen LogP) is 1.82. The number of anilines is 2. The molecule has 0 aliphatic rings. The van der Waals surface area contributed by atoms with E-state index < -0.39 is 0 Å². The number of nitrogens with one attached hydrogen (secondary N) is 2. The molecule has 0 spiro atoms. The van der Waals surface area contributed by atoms with Crippen LogP contribution < -0.4 is 16.6 Å². The highest BCUT2D eigenvalue weighted by Crippen LogP contribution is 2.11. The lowest BCUT2D eigenvalue weighted by Crippen LogP contribution is -2.12. The van der Waals surface area contributed by atoms with Gasteiger partial charge < -0.3 is 5.32 Å². The average Bonchev–Trinajstić information content (AvgIpc) is 2.37. The number of hydrazine groups is 1. The molecule has 1 aromatic carbocycles. The number of aromatic nitrogens is 2. The maximum atomic E-state index is 12.7. The van der Waals surface area contributed by atoms with E-state index in [1.165, 1.54) is 12.1 Å². The van der Waals surface area contributed by atoms with Crippen molar-refractivity contribution >= 4 is 11.8 Å². The lowest BCUT2D eigenvalue weighted by molar-refractivity contribution is 0.627. The maximum Gasteiger partial charge on any atom is 0.239 e. The Morgan fingerprint density at radius 3 is 2.61 bits per heavy atom. The predicted molar refractivity (Wildman–Crippen MR) is 68.3 cm³/mol. The summed E-state index contributed by atoms with van der Waals surface area (Å²) in [5, 5.41) is 3.13. The summed E-state index contributed by atoms with van der Waals surface area (Å²) in [6.45, 7) is 2.41. The summed E-state index contributed by atoms with van der Waals surface area (Å²) in [6, 6.07) is 8.10. The zero-order chi connectivity index (χ0) is 13.0. The molecule has 1 heterocycles. The second-order valence-corrected chi connectivity index (χ2v) is 3.84. The largest absolute Gasteiger partial charge is 0.366 e. The molecule has 0 saturated heterocycles. The number of rotatable bonds is 4. The highest BCUT2D eigenvalue weighted by molar-refractivity contribution is 5.42. The van der Waals surface area contributed by atoms with Crippen molar-refractivity contribution in [3.8, 4) is 0 Å². The normalized spacial score (nSPS) is 10.2. The lowest BCUT2D eigenvalue weighted by atomic mass is 10.2. The summed E-state index contributed by atoms with van der Waals surface area (Å²) in [5.74, 6) is 6.05. The van der Waals surface area contributed by atoms with Crippen LogP contribution in [-0.2, 0) is 6.54 Å². The van der Waals surface area contributed by atoms with Crippen LogP contribution in [0.1, 0.15) is 11.3 Å². The van der Waals surface area contributed by atoms with Gasteiger partial charge in [0.2, 0.25) is 5.95 Å². The summed E-state index contributed by atoms with van der Waals surface area (Å²) in [5.41, 5.74) is 4.17. The van der Waals surface area contributed by atoms with Gasteiger partial charge in [0.05, 0.1) is 0 Å². The Morgan fingerprint density at radius 2 is 1.94 bits per heavy atom. The van der Waals surface area contributed by atoms with E-state index in [4.69, 9.17) is 5.84 Å². The lowest BCUT2D eigenvalue weighted by Gasteiger charge is -2.08. The minimum absolute atomic E-state index is 0.244. The van der Waals surface area contributed by atoms with E-state index in [1.54, 1.807) is 12.1 Å². The molecule has 0 saturated carbocycles. The van der Waals surface area contributed by atoms with E-state index in [0.29, 0.717) is 18.3 Å². The number of nitrogen functional groups attached to an aromatic ring is 1. The molecule has 4 N–H and O–H groups in total. The van der Waals surface area contributed by atoms with Gasteiger partial charge in [0.15, 0.2) is 0 Å². The molecule has 2 rings (SSSR count). The highest BCUT2D eigenvalue weighted by atomic mass is 19.1. The third-order valence-corrected chi connectivity index (χ3v) is 2.37. The summed E-state index contributed by atoms with van der Waals surface area (Å²) in [6.07, 6.45) is 0. The van der Waals surface area contributed by atoms with Gasteiger partial charge in [-0.1, -0.05) is 12.1 Å². The van der Waals surface area contributed by atoms with Crippen LogP contribution in [0.4, 0.5) is 16.2 Å². The Bertz CT molecular complexity index is 526. The molecule has 6 heteroatoms. The van der Waals surface area contributed by atoms with Crippen LogP contribution >= 0.6 is 0 Å². The van der Waals surface area contributed by atoms with E-state index in [1.807, 2.05) is 13.0 Å². The van der Waals surface area contributed by atoms with Crippen molar-refractivity contribution in [2.24, 2.45) is 5.84 Å². The fourth-order valence-corrected chi connectivity index (χ4v) is 1.52. The molecular formula is C12H14FN5. The number of hydrogen-bond acceptors (Lipinski definition) is 5. The van der Waals surface area contributed by atoms with E-state index in [2.05, 4.69) is 20.7 Å². The van der Waals surface area contributed by atoms with E-state index >= 15 is 0 Å². The minimum Gasteiger partial charge on any atom is -0.366 e. The van der Waals surface area contributed by atoms with Crippen LogP contribution in [0.3, 0.4) is 0 Å². The van der Waals surface area contributed by atoms with Gasteiger partial charge in [0.1, 0.15) is 11.6 Å². The molecule has 2 aromatic rings. The maximum absolute atomic E-state index is 12.7. The molecule has 18 heavy (non-hydrogen) atoms. The summed E-state index contributed by atoms with van der Waals surface area (Å²) >= 11 is 0. The number of benzene rings is 1. The molecule has 0 atom stereocenters. The first kappa shape index (κ1) is 12.3. The second-order valence-electron chi connectivity index (χ2n) is 3.84. The second kappa shape index (κ2) is 5.42. The van der Waals surface area contributed by atoms with Crippen molar-refractivity contribution in [2.75, 3.05) is 10.7 Å². The number of halogens is 1. The number of hydrogen-bond donors (Lipinski definition) is 3. The zero-order valence-corrected chi connectivity index (χ0v) is 9.94. The Labute approximate surface area is 104 Å². The average molecular weight is 247 g/mol. The first-order valence-electron chi connectivity index (χ1n) is 5.48. The van der Waals surface area contributed by atoms with Crippen molar-refractivity contribution in [1.82, 2.24) is 9.97 Å². The van der Waals surface area contributed by atoms with Crippen molar-refractivity contribution in [2.45, 2.75) is 13.5 Å². The van der Waals surface area contributed by atoms with Crippen LogP contribution in [-0.4, -0.2) is 9.97 Å². The Balaban J connectivity index is 2.05. The standard InChI is InChI=1S/C12H14FN5/c1-8-6-11(17-12(16-8)18-14)15-7-9-2-4-10(13)5-3-9/h2-6H,7,14H2,1H3,(H2,15,16,17,18). The fourth-order valence-electron chi connectivity index (χ4n) is 1.52. The summed E-state index contributed by atoms with van der Waals surface area (Å²) in [4.78, 5) is 8.23. The van der Waals surface area contributed by atoms with Crippen LogP contribution in [0.5, 0.6) is 0 Å². The molecule has 0 radical (unpaired) electrons. The van der Waals surface area contributed by atoms with Crippen molar-refractivity contribution in [3.05, 3.63) is 47.4 Å². The third-order valence-electron chi connectivity index (χ3n) is 2.37. The molecule has 94 valence electrons. The zero-order valence-electron chi connectivity index (χ0n) is 9.94. The quantitative estimate of drug-likeness (QED) is 0.567. The van der Waals surface area contributed by atoms with Crippen LogP contribution in [0.2, 0.25) is 0 Å². The first-order chi connectivity index (χ1) is 8.67. The van der Waals surface area contributed by atoms with Gasteiger partial charge in [0, 0.05) is 18.3 Å². The van der Waals surface area contributed by atoms with Gasteiger partial charge in [-0.2, -0.15) is 4.98 Å². The number of aryl methyl sites for hydroxylation is 1. The minimum atomic E-state index is -0.244. The topological polar surface area (TPSA) is 75.9 Å². The molecule has 0 fully saturated rings. The molecule has 0 aliphatic heterocycles. The number of nitrogens with zero attached hydrogens (tertiary/aromatic N) is 2. The van der Waals surface area contributed by atoms with Crippen LogP contribution in [0.15, 0.2) is 30.3 Å². The Hall–Kier alpha value is -2.21. The van der Waals surface area contributed by atoms with Crippen LogP contribution in [0.25, 0.3) is 0 Å². The summed E-state index contributed by atoms with van der Waals surface area (Å²) in [7, 11) is 0. The van der Waals surface area contributed by atoms with Crippen LogP contribution in [0, 0.1) is 12.7 Å². The van der Waals surface area contributed by atoms with Crippen molar-refractivity contribution < 1.29 is 4.39 Å². The van der Waals surface area contributed by atoms with Crippen molar-refractivity contribution in [1.29, 1.82) is 0 Å². The molecule has 0 bridgehead atoms. The Morgan fingerprint density at radius 1 is 1.22 bits per heavy atom. The third kappa shape index (κ3) is 3.14. The fraction of sp³-hybridized carbons (Fsp3) is 0.167. The monoisotopic (exact) mass is 247 g/mol. The van der Waals surface area contributed by atoms with Gasteiger partial charge in [-0.3, -0.25) is 5.43 Å². The smallest absolute Gasteiger partial charge is 0.239 e. The van der Waals surface area contributed by atoms with Gasteiger partial charge in [-0.15, -0.1) is 0 Å². The van der Waals surface area contributed by atoms with Gasteiger partial charge in [0.25, 0.3) is 0 Å². The summed E-state index contributed by atoms with van der Waals surface area (Å²) < 4.78 is 12.7.